The average molecular weight is 235 g/mol. The fourth-order valence-electron chi connectivity index (χ4n) is 1.65. The summed E-state index contributed by atoms with van der Waals surface area (Å²) in [6, 6.07) is 6.70. The van der Waals surface area contributed by atoms with Crippen molar-refractivity contribution in [3.63, 3.8) is 0 Å². The van der Waals surface area contributed by atoms with Crippen molar-refractivity contribution in [3.05, 3.63) is 40.8 Å². The highest BCUT2D eigenvalue weighted by atomic mass is 32.1. The molecule has 2 aromatic rings. The van der Waals surface area contributed by atoms with Crippen LogP contribution in [0.4, 0.5) is 0 Å². The molecule has 0 amide bonds. The van der Waals surface area contributed by atoms with Gasteiger partial charge in [0.25, 0.3) is 0 Å². The lowest BCUT2D eigenvalue weighted by Crippen LogP contribution is -2.32. The minimum absolute atomic E-state index is 0.458. The van der Waals surface area contributed by atoms with Crippen LogP contribution in [0.2, 0.25) is 0 Å². The minimum Gasteiger partial charge on any atom is -0.312 e. The highest BCUT2D eigenvalue weighted by molar-refractivity contribution is 7.09. The van der Waals surface area contributed by atoms with Crippen LogP contribution in [0.5, 0.6) is 0 Å². The number of aromatic nitrogens is 2. The number of nitrogens with one attached hydrogen (secondary N) is 1. The third kappa shape index (κ3) is 3.47. The largest absolute Gasteiger partial charge is 0.312 e. The van der Waals surface area contributed by atoms with Gasteiger partial charge in [-0.1, -0.05) is 6.07 Å². The van der Waals surface area contributed by atoms with Crippen LogP contribution in [-0.4, -0.2) is 22.4 Å². The first-order valence-corrected chi connectivity index (χ1v) is 6.46. The van der Waals surface area contributed by atoms with Gasteiger partial charge in [-0.05, 0) is 30.9 Å². The number of thiophene rings is 1. The molecule has 0 spiro atoms. The van der Waals surface area contributed by atoms with Crippen molar-refractivity contribution in [3.8, 4) is 0 Å². The molecule has 0 radical (unpaired) electrons. The number of hydrogen-bond acceptors (Lipinski definition) is 3. The van der Waals surface area contributed by atoms with E-state index >= 15 is 0 Å². The van der Waals surface area contributed by atoms with Gasteiger partial charge in [0, 0.05) is 29.9 Å². The molecule has 16 heavy (non-hydrogen) atoms. The van der Waals surface area contributed by atoms with E-state index in [1.807, 2.05) is 34.5 Å². The van der Waals surface area contributed by atoms with Crippen LogP contribution in [0, 0.1) is 0 Å². The van der Waals surface area contributed by atoms with Gasteiger partial charge in [-0.25, -0.2) is 0 Å². The third-order valence-corrected chi connectivity index (χ3v) is 3.40. The quantitative estimate of drug-likeness (QED) is 0.831. The maximum absolute atomic E-state index is 4.19. The summed E-state index contributed by atoms with van der Waals surface area (Å²) in [5.41, 5.74) is 0. The normalized spacial score (nSPS) is 12.8. The molecule has 0 aliphatic heterocycles. The molecule has 2 heterocycles. The van der Waals surface area contributed by atoms with Crippen LogP contribution in [0.1, 0.15) is 11.8 Å². The van der Waals surface area contributed by atoms with Crippen LogP contribution in [0.25, 0.3) is 0 Å². The Morgan fingerprint density at radius 3 is 3.12 bits per heavy atom. The zero-order chi connectivity index (χ0) is 11.2. The summed E-state index contributed by atoms with van der Waals surface area (Å²) in [7, 11) is 0. The standard InChI is InChI=1S/C12H17N3S/c1-11(10-15-8-3-6-14-15)13-7-5-12-4-2-9-16-12/h2-4,6,8-9,11,13H,5,7,10H2,1H3. The summed E-state index contributed by atoms with van der Waals surface area (Å²) in [5.74, 6) is 0. The Labute approximate surface area is 100 Å². The molecule has 1 unspecified atom stereocenters. The van der Waals surface area contributed by atoms with Gasteiger partial charge in [-0.15, -0.1) is 11.3 Å². The first-order chi connectivity index (χ1) is 7.84. The smallest absolute Gasteiger partial charge is 0.0559 e. The summed E-state index contributed by atoms with van der Waals surface area (Å²) >= 11 is 1.82. The average Bonchev–Trinajstić information content (AvgIpc) is 2.90. The van der Waals surface area contributed by atoms with Crippen LogP contribution >= 0.6 is 11.3 Å². The molecular weight excluding hydrogens is 218 g/mol. The predicted molar refractivity (Wildman–Crippen MR) is 67.7 cm³/mol. The Hall–Kier alpha value is -1.13. The second-order valence-electron chi connectivity index (χ2n) is 3.91. The molecule has 2 aromatic heterocycles. The molecule has 0 aliphatic carbocycles. The molecule has 86 valence electrons. The molecule has 1 atom stereocenters. The lowest BCUT2D eigenvalue weighted by Gasteiger charge is -2.13. The zero-order valence-corrected chi connectivity index (χ0v) is 10.3. The number of rotatable bonds is 6. The molecule has 0 aliphatic rings. The van der Waals surface area contributed by atoms with Crippen molar-refractivity contribution in [1.29, 1.82) is 0 Å². The number of hydrogen-bond donors (Lipinski definition) is 1. The van der Waals surface area contributed by atoms with E-state index in [-0.39, 0.29) is 0 Å². The van der Waals surface area contributed by atoms with Gasteiger partial charge in [0.05, 0.1) is 6.54 Å². The van der Waals surface area contributed by atoms with Crippen molar-refractivity contribution in [2.45, 2.75) is 25.9 Å². The van der Waals surface area contributed by atoms with E-state index in [1.165, 1.54) is 4.88 Å². The summed E-state index contributed by atoms with van der Waals surface area (Å²) in [4.78, 5) is 1.44. The van der Waals surface area contributed by atoms with Gasteiger partial charge < -0.3 is 5.32 Å². The number of nitrogens with zero attached hydrogens (tertiary/aromatic N) is 2. The maximum Gasteiger partial charge on any atom is 0.0559 e. The fraction of sp³-hybridized carbons (Fsp3) is 0.417. The van der Waals surface area contributed by atoms with E-state index in [2.05, 4.69) is 34.9 Å². The van der Waals surface area contributed by atoms with E-state index in [4.69, 9.17) is 0 Å². The van der Waals surface area contributed by atoms with Gasteiger partial charge in [0.1, 0.15) is 0 Å². The molecule has 0 bridgehead atoms. The Kier molecular flexibility index (Phi) is 4.13. The van der Waals surface area contributed by atoms with Gasteiger partial charge >= 0.3 is 0 Å². The van der Waals surface area contributed by atoms with E-state index in [9.17, 15) is 0 Å². The first kappa shape index (κ1) is 11.4. The molecule has 4 heteroatoms. The van der Waals surface area contributed by atoms with Crippen molar-refractivity contribution < 1.29 is 0 Å². The molecule has 1 N–H and O–H groups in total. The predicted octanol–water partition coefficient (Wildman–Crippen LogP) is 2.17. The van der Waals surface area contributed by atoms with Crippen LogP contribution in [0.15, 0.2) is 36.0 Å². The van der Waals surface area contributed by atoms with Gasteiger partial charge in [0.2, 0.25) is 0 Å². The van der Waals surface area contributed by atoms with E-state index in [0.29, 0.717) is 6.04 Å². The Bertz CT molecular complexity index is 380. The second-order valence-corrected chi connectivity index (χ2v) is 4.94. The minimum atomic E-state index is 0.458. The molecule has 0 saturated carbocycles. The molecule has 0 saturated heterocycles. The molecule has 3 nitrogen and oxygen atoms in total. The van der Waals surface area contributed by atoms with Crippen LogP contribution < -0.4 is 5.32 Å². The molecular formula is C12H17N3S. The summed E-state index contributed by atoms with van der Waals surface area (Å²) in [5, 5.41) is 9.83. The molecule has 0 fully saturated rings. The Balaban J connectivity index is 1.66. The topological polar surface area (TPSA) is 29.9 Å². The van der Waals surface area contributed by atoms with Crippen molar-refractivity contribution in [1.82, 2.24) is 15.1 Å². The SMILES string of the molecule is CC(Cn1cccn1)NCCc1cccs1. The highest BCUT2D eigenvalue weighted by Gasteiger charge is 2.02. The summed E-state index contributed by atoms with van der Waals surface area (Å²) in [6.07, 6.45) is 4.93. The van der Waals surface area contributed by atoms with E-state index in [0.717, 1.165) is 19.5 Å². The van der Waals surface area contributed by atoms with Gasteiger partial charge in [0.15, 0.2) is 0 Å². The maximum atomic E-state index is 4.19. The second kappa shape index (κ2) is 5.82. The monoisotopic (exact) mass is 235 g/mol. The lowest BCUT2D eigenvalue weighted by molar-refractivity contribution is 0.455. The Morgan fingerprint density at radius 2 is 2.44 bits per heavy atom. The van der Waals surface area contributed by atoms with Crippen molar-refractivity contribution in [2.24, 2.45) is 0 Å². The van der Waals surface area contributed by atoms with Crippen molar-refractivity contribution >= 4 is 11.3 Å². The van der Waals surface area contributed by atoms with Gasteiger partial charge in [-0.3, -0.25) is 4.68 Å². The zero-order valence-electron chi connectivity index (χ0n) is 9.47. The van der Waals surface area contributed by atoms with E-state index in [1.54, 1.807) is 0 Å². The Morgan fingerprint density at radius 1 is 1.50 bits per heavy atom. The van der Waals surface area contributed by atoms with E-state index < -0.39 is 0 Å². The summed E-state index contributed by atoms with van der Waals surface area (Å²) < 4.78 is 1.96. The molecule has 2 rings (SSSR count). The lowest BCUT2D eigenvalue weighted by atomic mass is 10.3. The van der Waals surface area contributed by atoms with Crippen LogP contribution in [0.3, 0.4) is 0 Å². The summed E-state index contributed by atoms with van der Waals surface area (Å²) in [6.45, 7) is 4.15. The van der Waals surface area contributed by atoms with Gasteiger partial charge in [-0.2, -0.15) is 5.10 Å². The third-order valence-electron chi connectivity index (χ3n) is 2.46. The first-order valence-electron chi connectivity index (χ1n) is 5.58. The van der Waals surface area contributed by atoms with Crippen LogP contribution in [-0.2, 0) is 13.0 Å². The molecule has 0 aromatic carbocycles. The fourth-order valence-corrected chi connectivity index (χ4v) is 2.36. The van der Waals surface area contributed by atoms with Crippen molar-refractivity contribution in [2.75, 3.05) is 6.54 Å². The highest BCUT2D eigenvalue weighted by Crippen LogP contribution is 2.08.